The molecule has 1 unspecified atom stereocenters. The van der Waals surface area contributed by atoms with Gasteiger partial charge in [-0.1, -0.05) is 6.07 Å². The van der Waals surface area contributed by atoms with Gasteiger partial charge in [0.1, 0.15) is 5.01 Å². The van der Waals surface area contributed by atoms with Crippen LogP contribution in [-0.4, -0.2) is 13.4 Å². The number of nitrogens with one attached hydrogen (secondary N) is 1. The predicted molar refractivity (Wildman–Crippen MR) is 76.7 cm³/mol. The summed E-state index contributed by atoms with van der Waals surface area (Å²) in [6.07, 6.45) is 0. The quantitative estimate of drug-likeness (QED) is 0.940. The van der Waals surface area contributed by atoms with Crippen LogP contribution in [0.2, 0.25) is 0 Å². The van der Waals surface area contributed by atoms with Crippen LogP contribution in [0.4, 0.5) is 0 Å². The molecule has 0 aliphatic heterocycles. The van der Waals surface area contributed by atoms with Crippen molar-refractivity contribution in [1.29, 1.82) is 5.26 Å². The summed E-state index contributed by atoms with van der Waals surface area (Å²) in [5.41, 5.74) is 1.17. The zero-order valence-corrected chi connectivity index (χ0v) is 12.6. The summed E-state index contributed by atoms with van der Waals surface area (Å²) in [5, 5.41) is 11.4. The lowest BCUT2D eigenvalue weighted by Gasteiger charge is -2.12. The molecule has 0 amide bonds. The van der Waals surface area contributed by atoms with E-state index in [4.69, 9.17) is 5.26 Å². The van der Waals surface area contributed by atoms with E-state index in [-0.39, 0.29) is 4.90 Å². The van der Waals surface area contributed by atoms with Gasteiger partial charge in [-0.2, -0.15) is 5.26 Å². The summed E-state index contributed by atoms with van der Waals surface area (Å²) in [4.78, 5) is 4.34. The Bertz CT molecular complexity index is 760. The predicted octanol–water partition coefficient (Wildman–Crippen LogP) is 2.36. The molecule has 2 rings (SSSR count). The normalized spacial score (nSPS) is 12.8. The minimum Gasteiger partial charge on any atom is -0.245 e. The fourth-order valence-corrected chi connectivity index (χ4v) is 3.79. The number of thiazole rings is 1. The van der Waals surface area contributed by atoms with E-state index in [2.05, 4.69) is 9.71 Å². The number of hydrogen-bond acceptors (Lipinski definition) is 5. The second kappa shape index (κ2) is 5.71. The van der Waals surface area contributed by atoms with Gasteiger partial charge in [0.15, 0.2) is 0 Å². The highest BCUT2D eigenvalue weighted by molar-refractivity contribution is 7.89. The lowest BCUT2D eigenvalue weighted by atomic mass is 10.2. The van der Waals surface area contributed by atoms with Gasteiger partial charge >= 0.3 is 0 Å². The van der Waals surface area contributed by atoms with E-state index in [0.717, 1.165) is 5.69 Å². The third kappa shape index (κ3) is 3.22. The molecule has 1 aromatic heterocycles. The number of nitrogens with zero attached hydrogens (tertiary/aromatic N) is 2. The van der Waals surface area contributed by atoms with Crippen molar-refractivity contribution >= 4 is 21.4 Å². The summed E-state index contributed by atoms with van der Waals surface area (Å²) in [6.45, 7) is 3.60. The first kappa shape index (κ1) is 14.7. The van der Waals surface area contributed by atoms with Gasteiger partial charge in [0.05, 0.1) is 22.6 Å². The molecule has 1 atom stereocenters. The molecule has 0 saturated heterocycles. The van der Waals surface area contributed by atoms with Crippen molar-refractivity contribution < 1.29 is 8.42 Å². The van der Waals surface area contributed by atoms with Gasteiger partial charge in [0.2, 0.25) is 10.0 Å². The van der Waals surface area contributed by atoms with Crippen molar-refractivity contribution in [2.75, 3.05) is 0 Å². The summed E-state index contributed by atoms with van der Waals surface area (Å²) >= 11 is 1.41. The average Bonchev–Trinajstić information content (AvgIpc) is 2.85. The monoisotopic (exact) mass is 307 g/mol. The highest BCUT2D eigenvalue weighted by Crippen LogP contribution is 2.20. The molecule has 1 N–H and O–H groups in total. The number of hydrogen-bond donors (Lipinski definition) is 1. The van der Waals surface area contributed by atoms with Crippen LogP contribution in [0.3, 0.4) is 0 Å². The molecule has 0 radical (unpaired) electrons. The number of benzene rings is 1. The minimum absolute atomic E-state index is 0.0803. The third-order valence-electron chi connectivity index (χ3n) is 2.61. The van der Waals surface area contributed by atoms with E-state index in [1.54, 1.807) is 19.1 Å². The maximum Gasteiger partial charge on any atom is 0.241 e. The summed E-state index contributed by atoms with van der Waals surface area (Å²) < 4.78 is 27.1. The molecule has 1 heterocycles. The Kier molecular flexibility index (Phi) is 4.18. The van der Waals surface area contributed by atoms with Crippen LogP contribution in [0.15, 0.2) is 34.5 Å². The standard InChI is InChI=1S/C13H13N3O2S2/c1-9-8-19-13(15-9)10(2)16-20(17,18)12-5-3-4-11(6-12)7-14/h3-6,8,10,16H,1-2H3. The zero-order valence-electron chi connectivity index (χ0n) is 11.0. The molecule has 5 nitrogen and oxygen atoms in total. The van der Waals surface area contributed by atoms with Crippen LogP contribution in [0, 0.1) is 18.3 Å². The Balaban J connectivity index is 2.25. The molecule has 7 heteroatoms. The van der Waals surface area contributed by atoms with E-state index >= 15 is 0 Å². The van der Waals surface area contributed by atoms with Crippen molar-refractivity contribution in [2.24, 2.45) is 0 Å². The first-order valence-electron chi connectivity index (χ1n) is 5.87. The molecule has 0 bridgehead atoms. The molecule has 0 aliphatic carbocycles. The van der Waals surface area contributed by atoms with Crippen molar-refractivity contribution in [3.05, 3.63) is 45.9 Å². The topological polar surface area (TPSA) is 82.9 Å². The van der Waals surface area contributed by atoms with E-state index < -0.39 is 16.1 Å². The lowest BCUT2D eigenvalue weighted by Crippen LogP contribution is -2.26. The minimum atomic E-state index is -3.67. The smallest absolute Gasteiger partial charge is 0.241 e. The van der Waals surface area contributed by atoms with Crippen molar-refractivity contribution in [3.8, 4) is 6.07 Å². The van der Waals surface area contributed by atoms with Gasteiger partial charge in [-0.3, -0.25) is 0 Å². The van der Waals surface area contributed by atoms with Crippen LogP contribution in [-0.2, 0) is 10.0 Å². The Hall–Kier alpha value is -1.75. The average molecular weight is 307 g/mol. The zero-order chi connectivity index (χ0) is 14.8. The molecular weight excluding hydrogens is 294 g/mol. The van der Waals surface area contributed by atoms with Crippen LogP contribution in [0.1, 0.15) is 29.2 Å². The lowest BCUT2D eigenvalue weighted by molar-refractivity contribution is 0.566. The highest BCUT2D eigenvalue weighted by Gasteiger charge is 2.20. The molecule has 0 saturated carbocycles. The number of rotatable bonds is 4. The summed E-state index contributed by atoms with van der Waals surface area (Å²) in [5.74, 6) is 0. The Morgan fingerprint density at radius 2 is 2.20 bits per heavy atom. The number of sulfonamides is 1. The molecule has 20 heavy (non-hydrogen) atoms. The van der Waals surface area contributed by atoms with Gasteiger partial charge < -0.3 is 0 Å². The van der Waals surface area contributed by atoms with Gasteiger partial charge in [-0.25, -0.2) is 18.1 Å². The molecule has 0 aliphatic rings. The molecule has 104 valence electrons. The van der Waals surface area contributed by atoms with Crippen LogP contribution in [0.5, 0.6) is 0 Å². The third-order valence-corrected chi connectivity index (χ3v) is 5.30. The van der Waals surface area contributed by atoms with E-state index in [1.807, 2.05) is 18.4 Å². The number of aryl methyl sites for hydroxylation is 1. The molecule has 0 spiro atoms. The molecular formula is C13H13N3O2S2. The van der Waals surface area contributed by atoms with Gasteiger partial charge in [-0.05, 0) is 32.0 Å². The maximum absolute atomic E-state index is 12.2. The Labute approximate surface area is 122 Å². The molecule has 2 aromatic rings. The second-order valence-electron chi connectivity index (χ2n) is 4.31. The Morgan fingerprint density at radius 3 is 2.80 bits per heavy atom. The van der Waals surface area contributed by atoms with E-state index in [9.17, 15) is 8.42 Å². The second-order valence-corrected chi connectivity index (χ2v) is 6.91. The fourth-order valence-electron chi connectivity index (χ4n) is 1.66. The maximum atomic E-state index is 12.2. The molecule has 1 aromatic carbocycles. The van der Waals surface area contributed by atoms with Crippen molar-refractivity contribution in [3.63, 3.8) is 0 Å². The summed E-state index contributed by atoms with van der Waals surface area (Å²) in [7, 11) is -3.67. The first-order chi connectivity index (χ1) is 9.42. The summed E-state index contributed by atoms with van der Waals surface area (Å²) in [6, 6.07) is 7.43. The Morgan fingerprint density at radius 1 is 1.45 bits per heavy atom. The van der Waals surface area contributed by atoms with Gasteiger partial charge in [-0.15, -0.1) is 11.3 Å². The number of aromatic nitrogens is 1. The number of nitriles is 1. The van der Waals surface area contributed by atoms with Crippen LogP contribution in [0.25, 0.3) is 0 Å². The largest absolute Gasteiger partial charge is 0.245 e. The first-order valence-corrected chi connectivity index (χ1v) is 8.23. The van der Waals surface area contributed by atoms with Gasteiger partial charge in [0.25, 0.3) is 0 Å². The fraction of sp³-hybridized carbons (Fsp3) is 0.231. The van der Waals surface area contributed by atoms with Crippen LogP contribution >= 0.6 is 11.3 Å². The SMILES string of the molecule is Cc1csc(C(C)NS(=O)(=O)c2cccc(C#N)c2)n1. The van der Waals surface area contributed by atoms with E-state index in [0.29, 0.717) is 10.6 Å². The van der Waals surface area contributed by atoms with Gasteiger partial charge in [0, 0.05) is 11.1 Å². The molecule has 0 fully saturated rings. The van der Waals surface area contributed by atoms with Crippen molar-refractivity contribution in [1.82, 2.24) is 9.71 Å². The van der Waals surface area contributed by atoms with Crippen molar-refractivity contribution in [2.45, 2.75) is 24.8 Å². The van der Waals surface area contributed by atoms with Crippen LogP contribution < -0.4 is 4.72 Å². The highest BCUT2D eigenvalue weighted by atomic mass is 32.2. The van der Waals surface area contributed by atoms with E-state index in [1.165, 1.54) is 23.5 Å².